The van der Waals surface area contributed by atoms with Gasteiger partial charge in [-0.3, -0.25) is 4.79 Å². The van der Waals surface area contributed by atoms with Crippen molar-refractivity contribution in [1.82, 2.24) is 5.32 Å². The molecule has 3 heteroatoms. The molecule has 0 radical (unpaired) electrons. The molecule has 1 unspecified atom stereocenters. The van der Waals surface area contributed by atoms with Crippen LogP contribution in [-0.2, 0) is 11.2 Å². The Kier molecular flexibility index (Phi) is 6.16. The van der Waals surface area contributed by atoms with Crippen LogP contribution in [0.4, 0.5) is 0 Å². The van der Waals surface area contributed by atoms with E-state index >= 15 is 0 Å². The summed E-state index contributed by atoms with van der Waals surface area (Å²) in [6.45, 7) is 2.86. The van der Waals surface area contributed by atoms with E-state index in [9.17, 15) is 9.90 Å². The van der Waals surface area contributed by atoms with E-state index in [0.29, 0.717) is 18.9 Å². The van der Waals surface area contributed by atoms with Gasteiger partial charge in [0.25, 0.3) is 0 Å². The van der Waals surface area contributed by atoms with Crippen LogP contribution in [0, 0.1) is 0 Å². The molecular weight excluding hydrogens is 274 g/mol. The molecule has 0 aliphatic carbocycles. The monoisotopic (exact) mass is 297 g/mol. The molecule has 0 aliphatic heterocycles. The van der Waals surface area contributed by atoms with Gasteiger partial charge in [-0.25, -0.2) is 0 Å². The second-order valence-corrected chi connectivity index (χ2v) is 5.64. The highest BCUT2D eigenvalue weighted by atomic mass is 16.4. The van der Waals surface area contributed by atoms with Gasteiger partial charge in [0.15, 0.2) is 0 Å². The maximum Gasteiger partial charge on any atom is 0.321 e. The summed E-state index contributed by atoms with van der Waals surface area (Å²) in [5, 5.41) is 12.5. The van der Waals surface area contributed by atoms with Gasteiger partial charge in [-0.1, -0.05) is 67.6 Å². The average Bonchev–Trinajstić information content (AvgIpc) is 2.55. The highest BCUT2D eigenvalue weighted by Gasteiger charge is 2.17. The number of rotatable bonds is 8. The second-order valence-electron chi connectivity index (χ2n) is 5.64. The Balaban J connectivity index is 1.83. The second kappa shape index (κ2) is 8.35. The summed E-state index contributed by atoms with van der Waals surface area (Å²) >= 11 is 0. The third-order valence-corrected chi connectivity index (χ3v) is 3.92. The van der Waals surface area contributed by atoms with Crippen molar-refractivity contribution in [3.8, 4) is 0 Å². The smallest absolute Gasteiger partial charge is 0.321 e. The van der Waals surface area contributed by atoms with Crippen molar-refractivity contribution in [3.05, 3.63) is 71.8 Å². The van der Waals surface area contributed by atoms with E-state index in [1.165, 1.54) is 5.56 Å². The Morgan fingerprint density at radius 1 is 1.05 bits per heavy atom. The summed E-state index contributed by atoms with van der Waals surface area (Å²) in [6, 6.07) is 19.5. The first-order chi connectivity index (χ1) is 10.7. The standard InChI is InChI=1S/C19H23NO2/c1-15(17-10-6-3-7-11-17)12-13-20-18(19(21)22)14-16-8-4-2-5-9-16/h2-11,15,18,20H,12-14H2,1H3,(H,21,22)/t15?,18-/m1/s1. The minimum absolute atomic E-state index is 0.417. The lowest BCUT2D eigenvalue weighted by Gasteiger charge is -2.17. The number of carboxylic acids is 1. The van der Waals surface area contributed by atoms with E-state index in [4.69, 9.17) is 0 Å². The van der Waals surface area contributed by atoms with Crippen LogP contribution < -0.4 is 5.32 Å². The highest BCUT2D eigenvalue weighted by molar-refractivity contribution is 5.73. The molecule has 3 nitrogen and oxygen atoms in total. The number of hydrogen-bond acceptors (Lipinski definition) is 2. The van der Waals surface area contributed by atoms with Crippen LogP contribution in [0.5, 0.6) is 0 Å². The Morgan fingerprint density at radius 3 is 2.23 bits per heavy atom. The molecule has 2 aromatic rings. The minimum atomic E-state index is -0.795. The van der Waals surface area contributed by atoms with Gasteiger partial charge in [-0.15, -0.1) is 0 Å². The summed E-state index contributed by atoms with van der Waals surface area (Å²) in [5.41, 5.74) is 2.33. The third kappa shape index (κ3) is 5.01. The molecule has 0 spiro atoms. The molecule has 116 valence electrons. The van der Waals surface area contributed by atoms with E-state index in [-0.39, 0.29) is 0 Å². The van der Waals surface area contributed by atoms with Gasteiger partial charge >= 0.3 is 5.97 Å². The predicted octanol–water partition coefficient (Wildman–Crippen LogP) is 3.47. The fraction of sp³-hybridized carbons (Fsp3) is 0.316. The number of hydrogen-bond donors (Lipinski definition) is 2. The summed E-state index contributed by atoms with van der Waals surface area (Å²) in [7, 11) is 0. The first kappa shape index (κ1) is 16.2. The lowest BCUT2D eigenvalue weighted by molar-refractivity contribution is -0.139. The molecule has 0 heterocycles. The molecule has 0 saturated heterocycles. The van der Waals surface area contributed by atoms with Gasteiger partial charge in [-0.2, -0.15) is 0 Å². The zero-order chi connectivity index (χ0) is 15.8. The van der Waals surface area contributed by atoms with Gasteiger partial charge in [-0.05, 0) is 36.4 Å². The largest absolute Gasteiger partial charge is 0.480 e. The molecule has 0 fully saturated rings. The van der Waals surface area contributed by atoms with Crippen LogP contribution in [0.1, 0.15) is 30.4 Å². The number of carboxylic acid groups (broad SMARTS) is 1. The van der Waals surface area contributed by atoms with E-state index in [0.717, 1.165) is 12.0 Å². The van der Waals surface area contributed by atoms with E-state index in [1.807, 2.05) is 48.5 Å². The van der Waals surface area contributed by atoms with E-state index in [2.05, 4.69) is 24.4 Å². The fourth-order valence-corrected chi connectivity index (χ4v) is 2.52. The van der Waals surface area contributed by atoms with Gasteiger partial charge in [0.1, 0.15) is 6.04 Å². The van der Waals surface area contributed by atoms with Crippen molar-refractivity contribution >= 4 is 5.97 Å². The van der Waals surface area contributed by atoms with Crippen molar-refractivity contribution in [2.75, 3.05) is 6.54 Å². The van der Waals surface area contributed by atoms with Gasteiger partial charge in [0.2, 0.25) is 0 Å². The number of carbonyl (C=O) groups is 1. The normalized spacial score (nSPS) is 13.5. The molecule has 2 aromatic carbocycles. The Bertz CT molecular complexity index is 569. The van der Waals surface area contributed by atoms with Crippen molar-refractivity contribution in [2.24, 2.45) is 0 Å². The summed E-state index contributed by atoms with van der Waals surface area (Å²) < 4.78 is 0. The average molecular weight is 297 g/mol. The molecule has 0 amide bonds. The lowest BCUT2D eigenvalue weighted by atomic mass is 9.97. The van der Waals surface area contributed by atoms with Crippen molar-refractivity contribution < 1.29 is 9.90 Å². The van der Waals surface area contributed by atoms with Crippen LogP contribution in [0.2, 0.25) is 0 Å². The molecule has 2 N–H and O–H groups in total. The summed E-state index contributed by atoms with van der Waals surface area (Å²) in [5.74, 6) is -0.379. The number of benzene rings is 2. The molecular formula is C19H23NO2. The van der Waals surface area contributed by atoms with Gasteiger partial charge in [0.05, 0.1) is 0 Å². The van der Waals surface area contributed by atoms with Crippen molar-refractivity contribution in [2.45, 2.75) is 31.7 Å². The predicted molar refractivity (Wildman–Crippen MR) is 89.0 cm³/mol. The molecule has 0 aromatic heterocycles. The van der Waals surface area contributed by atoms with Crippen LogP contribution in [0.25, 0.3) is 0 Å². The quantitative estimate of drug-likeness (QED) is 0.784. The zero-order valence-corrected chi connectivity index (χ0v) is 12.9. The van der Waals surface area contributed by atoms with Gasteiger partial charge in [0, 0.05) is 0 Å². The Hall–Kier alpha value is -2.13. The van der Waals surface area contributed by atoms with Crippen LogP contribution in [0.15, 0.2) is 60.7 Å². The Morgan fingerprint density at radius 2 is 1.64 bits per heavy atom. The topological polar surface area (TPSA) is 49.3 Å². The molecule has 0 saturated carbocycles. The van der Waals surface area contributed by atoms with Crippen molar-refractivity contribution in [1.29, 1.82) is 0 Å². The third-order valence-electron chi connectivity index (χ3n) is 3.92. The van der Waals surface area contributed by atoms with Crippen LogP contribution in [0.3, 0.4) is 0 Å². The molecule has 0 aliphatic rings. The molecule has 22 heavy (non-hydrogen) atoms. The van der Waals surface area contributed by atoms with E-state index < -0.39 is 12.0 Å². The van der Waals surface area contributed by atoms with Crippen LogP contribution >= 0.6 is 0 Å². The molecule has 2 rings (SSSR count). The van der Waals surface area contributed by atoms with Gasteiger partial charge < -0.3 is 10.4 Å². The summed E-state index contributed by atoms with van der Waals surface area (Å²) in [6.07, 6.45) is 1.43. The first-order valence-corrected chi connectivity index (χ1v) is 7.72. The zero-order valence-electron chi connectivity index (χ0n) is 12.9. The Labute approximate surface area is 132 Å². The number of aliphatic carboxylic acids is 1. The van der Waals surface area contributed by atoms with E-state index in [1.54, 1.807) is 0 Å². The first-order valence-electron chi connectivity index (χ1n) is 7.72. The molecule has 2 atom stereocenters. The lowest BCUT2D eigenvalue weighted by Crippen LogP contribution is -2.39. The maximum atomic E-state index is 11.4. The highest BCUT2D eigenvalue weighted by Crippen LogP contribution is 2.17. The summed E-state index contributed by atoms with van der Waals surface area (Å²) in [4.78, 5) is 11.4. The van der Waals surface area contributed by atoms with Crippen LogP contribution in [-0.4, -0.2) is 23.7 Å². The molecule has 0 bridgehead atoms. The fourth-order valence-electron chi connectivity index (χ4n) is 2.52. The van der Waals surface area contributed by atoms with Crippen molar-refractivity contribution in [3.63, 3.8) is 0 Å². The minimum Gasteiger partial charge on any atom is -0.480 e. The maximum absolute atomic E-state index is 11.4. The SMILES string of the molecule is CC(CCN[C@H](Cc1ccccc1)C(=O)O)c1ccccc1. The number of nitrogens with one attached hydrogen (secondary N) is 1.